The lowest BCUT2D eigenvalue weighted by atomic mass is 10.0. The number of carbonyl (C=O) groups excluding carboxylic acids is 2. The fourth-order valence-electron chi connectivity index (χ4n) is 4.78. The van der Waals surface area contributed by atoms with Crippen LogP contribution in [0.1, 0.15) is 74.4 Å². The summed E-state index contributed by atoms with van der Waals surface area (Å²) in [5, 5.41) is 14.2. The van der Waals surface area contributed by atoms with Crippen LogP contribution in [0.25, 0.3) is 0 Å². The molecule has 8 heteroatoms. The minimum atomic E-state index is -0.872. The molecule has 1 amide bonds. The van der Waals surface area contributed by atoms with Crippen molar-refractivity contribution in [1.29, 1.82) is 0 Å². The third-order valence-corrected chi connectivity index (χ3v) is 6.72. The standard InChI is InChI=1S/C29H38N2O6/c1-20(2)37-23-12-9-21(10-13-23)25(32)7-3-4-8-28(33)30-24(18-31-15-5-6-16-31)29(34)22-11-14-26-27(17-22)36-19-35-26/h9-14,17,20,24,29,34H,3-8,15-16,18-19H2,1-2H3,(H,30,33)/t24-,29-/m1/s1. The number of hydrogen-bond acceptors (Lipinski definition) is 7. The number of rotatable bonds is 13. The number of fused-ring (bicyclic) bond motifs is 1. The summed E-state index contributed by atoms with van der Waals surface area (Å²) in [6.07, 6.45) is 3.38. The molecular weight excluding hydrogens is 472 g/mol. The van der Waals surface area contributed by atoms with Gasteiger partial charge in [0.25, 0.3) is 0 Å². The van der Waals surface area contributed by atoms with Crippen molar-refractivity contribution in [2.75, 3.05) is 26.4 Å². The number of benzene rings is 2. The molecule has 0 spiro atoms. The first-order chi connectivity index (χ1) is 17.9. The molecule has 1 saturated heterocycles. The highest BCUT2D eigenvalue weighted by Crippen LogP contribution is 2.35. The molecular formula is C29H38N2O6. The van der Waals surface area contributed by atoms with Gasteiger partial charge in [-0.2, -0.15) is 0 Å². The van der Waals surface area contributed by atoms with Crippen LogP contribution in [0.15, 0.2) is 42.5 Å². The van der Waals surface area contributed by atoms with Crippen LogP contribution in [0.3, 0.4) is 0 Å². The molecule has 0 aromatic heterocycles. The Hall–Kier alpha value is -3.10. The van der Waals surface area contributed by atoms with Crippen LogP contribution in [0.2, 0.25) is 0 Å². The van der Waals surface area contributed by atoms with E-state index in [1.54, 1.807) is 24.3 Å². The lowest BCUT2D eigenvalue weighted by Gasteiger charge is -2.29. The number of carbonyl (C=O) groups is 2. The second kappa shape index (κ2) is 12.9. The average molecular weight is 511 g/mol. The Balaban J connectivity index is 1.26. The molecule has 37 heavy (non-hydrogen) atoms. The Morgan fingerprint density at radius 3 is 2.43 bits per heavy atom. The molecule has 2 atom stereocenters. The third-order valence-electron chi connectivity index (χ3n) is 6.72. The van der Waals surface area contributed by atoms with Crippen LogP contribution in [0, 0.1) is 0 Å². The maximum absolute atomic E-state index is 12.8. The smallest absolute Gasteiger partial charge is 0.231 e. The van der Waals surface area contributed by atoms with Gasteiger partial charge in [-0.05, 0) is 94.6 Å². The van der Waals surface area contributed by atoms with Crippen LogP contribution in [0.4, 0.5) is 0 Å². The van der Waals surface area contributed by atoms with Gasteiger partial charge in [0.05, 0.1) is 12.1 Å². The van der Waals surface area contributed by atoms with Crippen molar-refractivity contribution in [3.63, 3.8) is 0 Å². The van der Waals surface area contributed by atoms with Gasteiger partial charge in [-0.25, -0.2) is 0 Å². The Morgan fingerprint density at radius 1 is 1.00 bits per heavy atom. The highest BCUT2D eigenvalue weighted by molar-refractivity contribution is 5.96. The zero-order valence-electron chi connectivity index (χ0n) is 21.8. The first-order valence-corrected chi connectivity index (χ1v) is 13.3. The number of aliphatic hydroxyl groups excluding tert-OH is 1. The predicted octanol–water partition coefficient (Wildman–Crippen LogP) is 4.26. The lowest BCUT2D eigenvalue weighted by Crippen LogP contribution is -2.46. The lowest BCUT2D eigenvalue weighted by molar-refractivity contribution is -0.123. The Labute approximate surface area is 218 Å². The predicted molar refractivity (Wildman–Crippen MR) is 140 cm³/mol. The number of nitrogens with zero attached hydrogens (tertiary/aromatic N) is 1. The van der Waals surface area contributed by atoms with Crippen molar-refractivity contribution >= 4 is 11.7 Å². The van der Waals surface area contributed by atoms with Crippen LogP contribution < -0.4 is 19.5 Å². The van der Waals surface area contributed by atoms with E-state index in [9.17, 15) is 14.7 Å². The van der Waals surface area contributed by atoms with Gasteiger partial charge in [-0.3, -0.25) is 9.59 Å². The van der Waals surface area contributed by atoms with Crippen molar-refractivity contribution in [3.05, 3.63) is 53.6 Å². The Kier molecular flexibility index (Phi) is 9.41. The van der Waals surface area contributed by atoms with Crippen molar-refractivity contribution < 1.29 is 28.9 Å². The van der Waals surface area contributed by atoms with Gasteiger partial charge in [0.1, 0.15) is 11.9 Å². The molecule has 0 aliphatic carbocycles. The van der Waals surface area contributed by atoms with Gasteiger partial charge < -0.3 is 29.5 Å². The normalized spacial score (nSPS) is 16.5. The van der Waals surface area contributed by atoms with Crippen LogP contribution in [-0.4, -0.2) is 60.3 Å². The molecule has 8 nitrogen and oxygen atoms in total. The highest BCUT2D eigenvalue weighted by Gasteiger charge is 2.28. The molecule has 2 aromatic carbocycles. The number of unbranched alkanes of at least 4 members (excludes halogenated alkanes) is 1. The summed E-state index contributed by atoms with van der Waals surface area (Å²) in [7, 11) is 0. The summed E-state index contributed by atoms with van der Waals surface area (Å²) in [5.41, 5.74) is 1.34. The molecule has 2 aliphatic rings. The summed E-state index contributed by atoms with van der Waals surface area (Å²) >= 11 is 0. The largest absolute Gasteiger partial charge is 0.491 e. The van der Waals surface area contributed by atoms with E-state index < -0.39 is 12.1 Å². The second-order valence-electron chi connectivity index (χ2n) is 10.1. The van der Waals surface area contributed by atoms with E-state index in [4.69, 9.17) is 14.2 Å². The molecule has 2 heterocycles. The number of hydrogen-bond donors (Lipinski definition) is 2. The number of Topliss-reactive ketones (excluding diaryl/α,β-unsaturated/α-hetero) is 1. The fraction of sp³-hybridized carbons (Fsp3) is 0.517. The summed E-state index contributed by atoms with van der Waals surface area (Å²) in [4.78, 5) is 27.6. The summed E-state index contributed by atoms with van der Waals surface area (Å²) < 4.78 is 16.5. The number of aliphatic hydroxyl groups is 1. The molecule has 4 rings (SSSR count). The van der Waals surface area contributed by atoms with Gasteiger partial charge in [0.15, 0.2) is 17.3 Å². The number of nitrogens with one attached hydrogen (secondary N) is 1. The minimum Gasteiger partial charge on any atom is -0.491 e. The number of amides is 1. The fourth-order valence-corrected chi connectivity index (χ4v) is 4.78. The van der Waals surface area contributed by atoms with Crippen LogP contribution >= 0.6 is 0 Å². The maximum Gasteiger partial charge on any atom is 0.231 e. The molecule has 2 aromatic rings. The molecule has 0 bridgehead atoms. The SMILES string of the molecule is CC(C)Oc1ccc(C(=O)CCCCC(=O)N[C@H](CN2CCCC2)[C@H](O)c2ccc3c(c2)OCO3)cc1. The van der Waals surface area contributed by atoms with Crippen LogP contribution in [0.5, 0.6) is 17.2 Å². The summed E-state index contributed by atoms with van der Waals surface area (Å²) in [6.45, 7) is 6.60. The zero-order valence-corrected chi connectivity index (χ0v) is 21.8. The molecule has 0 saturated carbocycles. The third kappa shape index (κ3) is 7.69. The second-order valence-corrected chi connectivity index (χ2v) is 10.1. The topological polar surface area (TPSA) is 97.3 Å². The van der Waals surface area contributed by atoms with Crippen molar-refractivity contribution in [2.45, 2.75) is 70.6 Å². The highest BCUT2D eigenvalue weighted by atomic mass is 16.7. The van der Waals surface area contributed by atoms with E-state index in [1.165, 1.54) is 0 Å². The molecule has 200 valence electrons. The molecule has 2 N–H and O–H groups in total. The summed E-state index contributed by atoms with van der Waals surface area (Å²) in [5.74, 6) is 1.95. The first kappa shape index (κ1) is 26.9. The van der Waals surface area contributed by atoms with Crippen LogP contribution in [-0.2, 0) is 4.79 Å². The Bertz CT molecular complexity index is 1050. The maximum atomic E-state index is 12.8. The first-order valence-electron chi connectivity index (χ1n) is 13.3. The zero-order chi connectivity index (χ0) is 26.2. The van der Waals surface area contributed by atoms with Gasteiger partial charge in [0, 0.05) is 24.9 Å². The van der Waals surface area contributed by atoms with E-state index in [-0.39, 0.29) is 24.6 Å². The number of likely N-dealkylation sites (tertiary alicyclic amines) is 1. The van der Waals surface area contributed by atoms with Crippen molar-refractivity contribution in [3.8, 4) is 17.2 Å². The molecule has 0 radical (unpaired) electrons. The van der Waals surface area contributed by atoms with Gasteiger partial charge in [-0.1, -0.05) is 6.07 Å². The van der Waals surface area contributed by atoms with E-state index in [1.807, 2.05) is 32.0 Å². The Morgan fingerprint density at radius 2 is 1.70 bits per heavy atom. The van der Waals surface area contributed by atoms with E-state index in [0.717, 1.165) is 31.7 Å². The molecule has 2 aliphatic heterocycles. The van der Waals surface area contributed by atoms with Crippen molar-refractivity contribution in [2.24, 2.45) is 0 Å². The van der Waals surface area contributed by atoms with Gasteiger partial charge in [0.2, 0.25) is 12.7 Å². The number of ether oxygens (including phenoxy) is 3. The van der Waals surface area contributed by atoms with Gasteiger partial charge >= 0.3 is 0 Å². The average Bonchev–Trinajstić information content (AvgIpc) is 3.57. The molecule has 1 fully saturated rings. The summed E-state index contributed by atoms with van der Waals surface area (Å²) in [6, 6.07) is 12.1. The number of ketones is 1. The monoisotopic (exact) mass is 510 g/mol. The van der Waals surface area contributed by atoms with Crippen molar-refractivity contribution in [1.82, 2.24) is 10.2 Å². The van der Waals surface area contributed by atoms with Gasteiger partial charge in [-0.15, -0.1) is 0 Å². The van der Waals surface area contributed by atoms with E-state index in [0.29, 0.717) is 54.9 Å². The van der Waals surface area contributed by atoms with E-state index >= 15 is 0 Å². The molecule has 0 unspecified atom stereocenters. The minimum absolute atomic E-state index is 0.0571. The quantitative estimate of drug-likeness (QED) is 0.307. The van der Waals surface area contributed by atoms with E-state index in [2.05, 4.69) is 10.2 Å².